The highest BCUT2D eigenvalue weighted by molar-refractivity contribution is 5.98. The second-order valence-electron chi connectivity index (χ2n) is 4.19. The SMILES string of the molecule is CCCCn1cc(C(=O)O)c(NC(=O)NCCC)n1. The van der Waals surface area contributed by atoms with Crippen LogP contribution in [-0.4, -0.2) is 33.4 Å². The van der Waals surface area contributed by atoms with Crippen molar-refractivity contribution in [1.29, 1.82) is 0 Å². The van der Waals surface area contributed by atoms with E-state index in [4.69, 9.17) is 5.11 Å². The Bertz CT molecular complexity index is 442. The first-order valence-corrected chi connectivity index (χ1v) is 6.44. The third-order valence-corrected chi connectivity index (χ3v) is 2.50. The highest BCUT2D eigenvalue weighted by Gasteiger charge is 2.17. The van der Waals surface area contributed by atoms with E-state index in [0.29, 0.717) is 13.1 Å². The van der Waals surface area contributed by atoms with Crippen LogP contribution in [0.15, 0.2) is 6.20 Å². The first kappa shape index (κ1) is 15.0. The topological polar surface area (TPSA) is 96.3 Å². The monoisotopic (exact) mass is 268 g/mol. The molecule has 0 saturated carbocycles. The van der Waals surface area contributed by atoms with Gasteiger partial charge in [-0.15, -0.1) is 0 Å². The van der Waals surface area contributed by atoms with E-state index in [1.165, 1.54) is 6.20 Å². The van der Waals surface area contributed by atoms with E-state index >= 15 is 0 Å². The largest absolute Gasteiger partial charge is 0.477 e. The van der Waals surface area contributed by atoms with E-state index in [1.54, 1.807) is 4.68 Å². The van der Waals surface area contributed by atoms with Crippen molar-refractivity contribution < 1.29 is 14.7 Å². The maximum absolute atomic E-state index is 11.5. The minimum absolute atomic E-state index is 0.00255. The van der Waals surface area contributed by atoms with Crippen LogP contribution in [0.25, 0.3) is 0 Å². The number of carbonyl (C=O) groups is 2. The fourth-order valence-corrected chi connectivity index (χ4v) is 1.50. The molecular weight excluding hydrogens is 248 g/mol. The van der Waals surface area contributed by atoms with Crippen molar-refractivity contribution in [1.82, 2.24) is 15.1 Å². The molecule has 2 amide bonds. The molecule has 1 aromatic heterocycles. The molecule has 1 heterocycles. The highest BCUT2D eigenvalue weighted by atomic mass is 16.4. The fourth-order valence-electron chi connectivity index (χ4n) is 1.50. The minimum atomic E-state index is -1.10. The van der Waals surface area contributed by atoms with Crippen LogP contribution in [0.4, 0.5) is 10.6 Å². The van der Waals surface area contributed by atoms with Gasteiger partial charge in [-0.2, -0.15) is 5.10 Å². The number of amides is 2. The van der Waals surface area contributed by atoms with Crippen molar-refractivity contribution >= 4 is 17.8 Å². The zero-order chi connectivity index (χ0) is 14.3. The summed E-state index contributed by atoms with van der Waals surface area (Å²) in [6.07, 6.45) is 4.14. The molecule has 1 aromatic rings. The van der Waals surface area contributed by atoms with Crippen molar-refractivity contribution in [3.63, 3.8) is 0 Å². The average Bonchev–Trinajstić information content (AvgIpc) is 2.77. The lowest BCUT2D eigenvalue weighted by Gasteiger charge is -2.04. The zero-order valence-corrected chi connectivity index (χ0v) is 11.3. The molecule has 0 saturated heterocycles. The summed E-state index contributed by atoms with van der Waals surface area (Å²) in [7, 11) is 0. The number of carboxylic acids is 1. The van der Waals surface area contributed by atoms with Gasteiger partial charge < -0.3 is 10.4 Å². The van der Waals surface area contributed by atoms with E-state index < -0.39 is 12.0 Å². The van der Waals surface area contributed by atoms with Gasteiger partial charge in [0.25, 0.3) is 0 Å². The van der Waals surface area contributed by atoms with Crippen LogP contribution in [0.1, 0.15) is 43.5 Å². The lowest BCUT2D eigenvalue weighted by molar-refractivity contribution is 0.0698. The third kappa shape index (κ3) is 4.61. The van der Waals surface area contributed by atoms with Gasteiger partial charge in [0.1, 0.15) is 5.56 Å². The predicted octanol–water partition coefficient (Wildman–Crippen LogP) is 1.91. The molecule has 0 radical (unpaired) electrons. The van der Waals surface area contributed by atoms with Crippen LogP contribution in [0, 0.1) is 0 Å². The van der Waals surface area contributed by atoms with Gasteiger partial charge >= 0.3 is 12.0 Å². The Morgan fingerprint density at radius 3 is 2.68 bits per heavy atom. The lowest BCUT2D eigenvalue weighted by atomic mass is 10.3. The van der Waals surface area contributed by atoms with Crippen LogP contribution in [0.2, 0.25) is 0 Å². The molecule has 0 aliphatic heterocycles. The van der Waals surface area contributed by atoms with Crippen LogP contribution < -0.4 is 10.6 Å². The van der Waals surface area contributed by atoms with Crippen molar-refractivity contribution in [3.8, 4) is 0 Å². The summed E-state index contributed by atoms with van der Waals surface area (Å²) in [6, 6.07) is -0.440. The first-order chi connectivity index (χ1) is 9.08. The molecule has 0 aliphatic rings. The molecule has 1 rings (SSSR count). The Balaban J connectivity index is 2.76. The van der Waals surface area contributed by atoms with Gasteiger partial charge in [-0.05, 0) is 12.8 Å². The molecule has 3 N–H and O–H groups in total. The Morgan fingerprint density at radius 1 is 1.37 bits per heavy atom. The number of aromatic nitrogens is 2. The van der Waals surface area contributed by atoms with E-state index in [1.807, 2.05) is 13.8 Å². The second kappa shape index (κ2) is 7.40. The molecule has 0 fully saturated rings. The van der Waals surface area contributed by atoms with Crippen molar-refractivity contribution in [3.05, 3.63) is 11.8 Å². The molecule has 19 heavy (non-hydrogen) atoms. The van der Waals surface area contributed by atoms with Crippen molar-refractivity contribution in [2.24, 2.45) is 0 Å². The molecule has 0 spiro atoms. The molecular formula is C12H20N4O3. The average molecular weight is 268 g/mol. The Labute approximate surface area is 112 Å². The van der Waals surface area contributed by atoms with E-state index in [9.17, 15) is 9.59 Å². The summed E-state index contributed by atoms with van der Waals surface area (Å²) in [4.78, 5) is 22.6. The summed E-state index contributed by atoms with van der Waals surface area (Å²) in [5.41, 5.74) is 0.00255. The van der Waals surface area contributed by atoms with Gasteiger partial charge in [-0.3, -0.25) is 10.00 Å². The minimum Gasteiger partial charge on any atom is -0.477 e. The summed E-state index contributed by atoms with van der Waals surface area (Å²) in [6.45, 7) is 5.14. The van der Waals surface area contributed by atoms with Gasteiger partial charge in [0.05, 0.1) is 0 Å². The lowest BCUT2D eigenvalue weighted by Crippen LogP contribution is -2.30. The van der Waals surface area contributed by atoms with Crippen LogP contribution in [-0.2, 0) is 6.54 Å². The number of nitrogens with zero attached hydrogens (tertiary/aromatic N) is 2. The number of hydrogen-bond donors (Lipinski definition) is 3. The number of hydrogen-bond acceptors (Lipinski definition) is 3. The van der Waals surface area contributed by atoms with Crippen LogP contribution in [0.5, 0.6) is 0 Å². The maximum Gasteiger partial charge on any atom is 0.341 e. The highest BCUT2D eigenvalue weighted by Crippen LogP contribution is 2.13. The normalized spacial score (nSPS) is 10.2. The summed E-state index contributed by atoms with van der Waals surface area (Å²) >= 11 is 0. The molecule has 0 bridgehead atoms. The standard InChI is InChI=1S/C12H20N4O3/c1-3-5-7-16-8-9(11(17)18)10(15-16)14-12(19)13-6-4-2/h8H,3-7H2,1-2H3,(H,17,18)(H2,13,14,15,19). The van der Waals surface area contributed by atoms with E-state index in [0.717, 1.165) is 19.3 Å². The predicted molar refractivity (Wildman–Crippen MR) is 71.4 cm³/mol. The number of nitrogens with one attached hydrogen (secondary N) is 2. The molecule has 0 aromatic carbocycles. The second-order valence-corrected chi connectivity index (χ2v) is 4.19. The zero-order valence-electron chi connectivity index (χ0n) is 11.3. The Hall–Kier alpha value is -2.05. The van der Waals surface area contributed by atoms with E-state index in [2.05, 4.69) is 15.7 Å². The Kier molecular flexibility index (Phi) is 5.84. The number of aryl methyl sites for hydroxylation is 1. The molecule has 7 nitrogen and oxygen atoms in total. The number of urea groups is 1. The van der Waals surface area contributed by atoms with Crippen molar-refractivity contribution in [2.75, 3.05) is 11.9 Å². The first-order valence-electron chi connectivity index (χ1n) is 6.44. The smallest absolute Gasteiger partial charge is 0.341 e. The fraction of sp³-hybridized carbons (Fsp3) is 0.583. The number of carbonyl (C=O) groups excluding carboxylic acids is 1. The number of aromatic carboxylic acids is 1. The van der Waals surface area contributed by atoms with Gasteiger partial charge in [-0.25, -0.2) is 9.59 Å². The van der Waals surface area contributed by atoms with Crippen LogP contribution in [0.3, 0.4) is 0 Å². The Morgan fingerprint density at radius 2 is 2.11 bits per heavy atom. The quantitative estimate of drug-likeness (QED) is 0.703. The van der Waals surface area contributed by atoms with Crippen molar-refractivity contribution in [2.45, 2.75) is 39.7 Å². The third-order valence-electron chi connectivity index (χ3n) is 2.50. The molecule has 106 valence electrons. The molecule has 0 atom stereocenters. The maximum atomic E-state index is 11.5. The number of rotatable bonds is 7. The van der Waals surface area contributed by atoms with E-state index in [-0.39, 0.29) is 11.4 Å². The molecule has 7 heteroatoms. The summed E-state index contributed by atoms with van der Waals surface area (Å²) in [5, 5.41) is 18.2. The van der Waals surface area contributed by atoms with Gasteiger partial charge in [0.15, 0.2) is 5.82 Å². The molecule has 0 unspecified atom stereocenters. The van der Waals surface area contributed by atoms with Gasteiger partial charge in [-0.1, -0.05) is 20.3 Å². The number of anilines is 1. The number of carboxylic acid groups (broad SMARTS) is 1. The van der Waals surface area contributed by atoms with Gasteiger partial charge in [0.2, 0.25) is 0 Å². The summed E-state index contributed by atoms with van der Waals surface area (Å²) < 4.78 is 1.54. The summed E-state index contributed by atoms with van der Waals surface area (Å²) in [5.74, 6) is -1.02. The number of unbranched alkanes of at least 4 members (excludes halogenated alkanes) is 1. The van der Waals surface area contributed by atoms with Gasteiger partial charge in [0, 0.05) is 19.3 Å². The molecule has 0 aliphatic carbocycles. The van der Waals surface area contributed by atoms with Crippen LogP contribution >= 0.6 is 0 Å².